The third-order valence-electron chi connectivity index (χ3n) is 6.52. The molecule has 1 aromatic rings. The van der Waals surface area contributed by atoms with E-state index in [4.69, 9.17) is 4.74 Å². The van der Waals surface area contributed by atoms with Crippen LogP contribution >= 0.6 is 11.8 Å². The molecule has 5 rings (SSSR count). The zero-order valence-electron chi connectivity index (χ0n) is 15.8. The molecule has 146 valence electrons. The molecule has 5 heteroatoms. The van der Waals surface area contributed by atoms with Crippen LogP contribution in [0.15, 0.2) is 30.3 Å². The van der Waals surface area contributed by atoms with E-state index in [-0.39, 0.29) is 24.4 Å². The molecule has 4 bridgehead atoms. The van der Waals surface area contributed by atoms with Crippen molar-refractivity contribution in [3.05, 3.63) is 35.9 Å². The van der Waals surface area contributed by atoms with Gasteiger partial charge in [-0.25, -0.2) is 0 Å². The van der Waals surface area contributed by atoms with Gasteiger partial charge in [0.15, 0.2) is 6.61 Å². The highest BCUT2D eigenvalue weighted by molar-refractivity contribution is 7.98. The van der Waals surface area contributed by atoms with Gasteiger partial charge in [0.1, 0.15) is 0 Å². The smallest absolute Gasteiger partial charge is 0.310 e. The Morgan fingerprint density at radius 2 is 1.67 bits per heavy atom. The van der Waals surface area contributed by atoms with Crippen LogP contribution in [0.4, 0.5) is 0 Å². The second kappa shape index (κ2) is 8.68. The lowest BCUT2D eigenvalue weighted by molar-refractivity contribution is -0.164. The quantitative estimate of drug-likeness (QED) is 0.546. The minimum Gasteiger partial charge on any atom is -0.455 e. The Kier molecular flexibility index (Phi) is 6.06. The van der Waals surface area contributed by atoms with Gasteiger partial charge in [0.05, 0.1) is 5.92 Å². The first-order valence-electron chi connectivity index (χ1n) is 10.2. The zero-order valence-corrected chi connectivity index (χ0v) is 16.6. The Morgan fingerprint density at radius 1 is 1.00 bits per heavy atom. The van der Waals surface area contributed by atoms with Crippen LogP contribution in [0.2, 0.25) is 0 Å². The van der Waals surface area contributed by atoms with Crippen molar-refractivity contribution in [2.45, 2.75) is 37.9 Å². The van der Waals surface area contributed by atoms with E-state index in [2.05, 4.69) is 17.4 Å². The van der Waals surface area contributed by atoms with Gasteiger partial charge in [0.2, 0.25) is 0 Å². The van der Waals surface area contributed by atoms with E-state index < -0.39 is 0 Å². The summed E-state index contributed by atoms with van der Waals surface area (Å²) >= 11 is 1.79. The van der Waals surface area contributed by atoms with Gasteiger partial charge in [-0.1, -0.05) is 30.3 Å². The molecule has 0 atom stereocenters. The molecule has 0 aromatic heterocycles. The van der Waals surface area contributed by atoms with Crippen molar-refractivity contribution in [2.24, 2.45) is 29.6 Å². The first kappa shape index (κ1) is 18.9. The minimum atomic E-state index is -0.188. The fourth-order valence-corrected chi connectivity index (χ4v) is 6.44. The summed E-state index contributed by atoms with van der Waals surface area (Å²) in [6, 6.07) is 10.3. The molecule has 4 aliphatic carbocycles. The second-order valence-electron chi connectivity index (χ2n) is 8.45. The van der Waals surface area contributed by atoms with Crippen molar-refractivity contribution in [1.29, 1.82) is 0 Å². The molecule has 0 aliphatic heterocycles. The molecule has 1 aromatic carbocycles. The third-order valence-corrected chi connectivity index (χ3v) is 7.55. The van der Waals surface area contributed by atoms with Crippen LogP contribution < -0.4 is 5.32 Å². The van der Waals surface area contributed by atoms with E-state index >= 15 is 0 Å². The van der Waals surface area contributed by atoms with Crippen molar-refractivity contribution in [1.82, 2.24) is 5.32 Å². The fraction of sp³-hybridized carbons (Fsp3) is 0.636. The highest BCUT2D eigenvalue weighted by Crippen LogP contribution is 2.56. The van der Waals surface area contributed by atoms with Crippen LogP contribution in [0.1, 0.15) is 37.7 Å². The maximum absolute atomic E-state index is 12.6. The SMILES string of the molecule is O=C(COC(=O)C1C2CC3CC(C2)CC1C3)NCCSCc1ccccc1. The van der Waals surface area contributed by atoms with Gasteiger partial charge in [-0.2, -0.15) is 11.8 Å². The number of thioether (sulfide) groups is 1. The predicted octanol–water partition coefficient (Wildman–Crippen LogP) is 3.65. The average Bonchev–Trinajstić information content (AvgIpc) is 2.66. The highest BCUT2D eigenvalue weighted by Gasteiger charge is 2.51. The Hall–Kier alpha value is -1.49. The molecule has 0 saturated heterocycles. The summed E-state index contributed by atoms with van der Waals surface area (Å²) in [6.07, 6.45) is 6.14. The van der Waals surface area contributed by atoms with Crippen LogP contribution in [0.25, 0.3) is 0 Å². The van der Waals surface area contributed by atoms with Gasteiger partial charge in [0.25, 0.3) is 5.91 Å². The van der Waals surface area contributed by atoms with Crippen molar-refractivity contribution in [3.63, 3.8) is 0 Å². The minimum absolute atomic E-state index is 0.0482. The fourth-order valence-electron chi connectivity index (χ4n) is 5.62. The van der Waals surface area contributed by atoms with E-state index in [1.165, 1.54) is 37.7 Å². The normalized spacial score (nSPS) is 30.9. The molecule has 4 fully saturated rings. The molecule has 27 heavy (non-hydrogen) atoms. The lowest BCUT2D eigenvalue weighted by Crippen LogP contribution is -2.48. The van der Waals surface area contributed by atoms with Gasteiger partial charge >= 0.3 is 5.97 Å². The lowest BCUT2D eigenvalue weighted by Gasteiger charge is -2.53. The van der Waals surface area contributed by atoms with E-state index in [0.717, 1.165) is 23.3 Å². The van der Waals surface area contributed by atoms with Crippen LogP contribution in [0.5, 0.6) is 0 Å². The Labute approximate surface area is 165 Å². The van der Waals surface area contributed by atoms with E-state index in [0.29, 0.717) is 18.4 Å². The van der Waals surface area contributed by atoms with E-state index in [1.807, 2.05) is 18.2 Å². The number of amides is 1. The summed E-state index contributed by atoms with van der Waals surface area (Å²) in [5.74, 6) is 4.22. The molecule has 1 N–H and O–H groups in total. The number of benzene rings is 1. The Balaban J connectivity index is 1.12. The maximum Gasteiger partial charge on any atom is 0.310 e. The zero-order chi connectivity index (χ0) is 18.6. The third kappa shape index (κ3) is 4.68. The molecule has 0 unspecified atom stereocenters. The van der Waals surface area contributed by atoms with Gasteiger partial charge < -0.3 is 10.1 Å². The summed E-state index contributed by atoms with van der Waals surface area (Å²) in [6.45, 7) is 0.469. The van der Waals surface area contributed by atoms with Gasteiger partial charge in [-0.15, -0.1) is 0 Å². The number of carbonyl (C=O) groups is 2. The van der Waals surface area contributed by atoms with Crippen molar-refractivity contribution < 1.29 is 14.3 Å². The van der Waals surface area contributed by atoms with Gasteiger partial charge in [-0.05, 0) is 61.3 Å². The molecule has 4 saturated carbocycles. The summed E-state index contributed by atoms with van der Waals surface area (Å²) in [5.41, 5.74) is 1.29. The van der Waals surface area contributed by atoms with Gasteiger partial charge in [0, 0.05) is 18.1 Å². The maximum atomic E-state index is 12.6. The first-order chi connectivity index (χ1) is 13.2. The predicted molar refractivity (Wildman–Crippen MR) is 107 cm³/mol. The molecular formula is C22H29NO3S. The molecule has 0 heterocycles. The Bertz CT molecular complexity index is 635. The summed E-state index contributed by atoms with van der Waals surface area (Å²) < 4.78 is 5.40. The van der Waals surface area contributed by atoms with E-state index in [9.17, 15) is 9.59 Å². The van der Waals surface area contributed by atoms with Crippen LogP contribution in [-0.4, -0.2) is 30.8 Å². The monoisotopic (exact) mass is 387 g/mol. The number of esters is 1. The van der Waals surface area contributed by atoms with Crippen LogP contribution in [-0.2, 0) is 20.1 Å². The van der Waals surface area contributed by atoms with Crippen LogP contribution in [0, 0.1) is 29.6 Å². The standard InChI is InChI=1S/C22H29NO3S/c24-20(23-6-7-27-14-15-4-2-1-3-5-15)13-26-22(25)21-18-9-16-8-17(11-18)12-19(21)10-16/h1-5,16-19,21H,6-14H2,(H,23,24). The number of ether oxygens (including phenoxy) is 1. The van der Waals surface area contributed by atoms with Crippen molar-refractivity contribution in [2.75, 3.05) is 18.9 Å². The molecule has 0 spiro atoms. The second-order valence-corrected chi connectivity index (χ2v) is 9.56. The highest BCUT2D eigenvalue weighted by atomic mass is 32.2. The van der Waals surface area contributed by atoms with Crippen molar-refractivity contribution in [3.8, 4) is 0 Å². The number of hydrogen-bond acceptors (Lipinski definition) is 4. The summed E-state index contributed by atoms with van der Waals surface area (Å²) in [4.78, 5) is 24.5. The summed E-state index contributed by atoms with van der Waals surface area (Å²) in [5, 5.41) is 2.85. The Morgan fingerprint density at radius 3 is 2.33 bits per heavy atom. The molecule has 1 amide bonds. The number of rotatable bonds is 8. The average molecular weight is 388 g/mol. The van der Waals surface area contributed by atoms with E-state index in [1.54, 1.807) is 11.8 Å². The lowest BCUT2D eigenvalue weighted by atomic mass is 9.52. The van der Waals surface area contributed by atoms with Crippen LogP contribution in [0.3, 0.4) is 0 Å². The molecule has 0 radical (unpaired) electrons. The molecule has 4 aliphatic rings. The number of carbonyl (C=O) groups excluding carboxylic acids is 2. The van der Waals surface area contributed by atoms with Crippen molar-refractivity contribution >= 4 is 23.6 Å². The topological polar surface area (TPSA) is 55.4 Å². The molecular weight excluding hydrogens is 358 g/mol. The number of hydrogen-bond donors (Lipinski definition) is 1. The van der Waals surface area contributed by atoms with Gasteiger partial charge in [-0.3, -0.25) is 9.59 Å². The summed E-state index contributed by atoms with van der Waals surface area (Å²) in [7, 11) is 0. The molecule has 4 nitrogen and oxygen atoms in total. The first-order valence-corrected chi connectivity index (χ1v) is 11.4. The largest absolute Gasteiger partial charge is 0.455 e. The number of nitrogens with one attached hydrogen (secondary N) is 1.